The second-order valence-corrected chi connectivity index (χ2v) is 8.93. The third-order valence-corrected chi connectivity index (χ3v) is 5.40. The van der Waals surface area contributed by atoms with Gasteiger partial charge >= 0.3 is 0 Å². The first kappa shape index (κ1) is 24.0. The summed E-state index contributed by atoms with van der Waals surface area (Å²) in [5.74, 6) is 2.21. The van der Waals surface area contributed by atoms with Crippen LogP contribution in [0.2, 0.25) is 0 Å². The van der Waals surface area contributed by atoms with Crippen molar-refractivity contribution in [1.29, 1.82) is 0 Å². The van der Waals surface area contributed by atoms with Crippen molar-refractivity contribution in [2.24, 2.45) is 22.2 Å². The number of hydrogen-bond donors (Lipinski definition) is 2. The predicted molar refractivity (Wildman–Crippen MR) is 122 cm³/mol. The van der Waals surface area contributed by atoms with E-state index in [0.29, 0.717) is 17.9 Å². The Labute approximate surface area is 178 Å². The summed E-state index contributed by atoms with van der Waals surface area (Å²) >= 11 is 0. The molecule has 2 rings (SSSR count). The Hall–Kier alpha value is -0.0800. The lowest BCUT2D eigenvalue weighted by Crippen LogP contribution is -2.47. The molecule has 2 aliphatic heterocycles. The van der Waals surface area contributed by atoms with Crippen molar-refractivity contribution in [3.05, 3.63) is 0 Å². The van der Waals surface area contributed by atoms with E-state index in [9.17, 15) is 0 Å². The van der Waals surface area contributed by atoms with Crippen LogP contribution in [-0.4, -0.2) is 63.3 Å². The third-order valence-electron chi connectivity index (χ3n) is 5.40. The van der Waals surface area contributed by atoms with E-state index in [1.54, 1.807) is 0 Å². The van der Waals surface area contributed by atoms with Gasteiger partial charge in [-0.25, -0.2) is 0 Å². The molecule has 3 unspecified atom stereocenters. The van der Waals surface area contributed by atoms with Crippen molar-refractivity contribution in [3.63, 3.8) is 0 Å². The van der Waals surface area contributed by atoms with Crippen LogP contribution in [0.15, 0.2) is 4.99 Å². The zero-order chi connectivity index (χ0) is 18.3. The minimum absolute atomic E-state index is 0. The van der Waals surface area contributed by atoms with Gasteiger partial charge in [0.25, 0.3) is 0 Å². The number of halogens is 1. The summed E-state index contributed by atoms with van der Waals surface area (Å²) in [6.07, 6.45) is 5.33. The number of nitrogens with zero attached hydrogens (tertiary/aromatic N) is 2. The fourth-order valence-electron chi connectivity index (χ4n) is 4.22. The average Bonchev–Trinajstić information content (AvgIpc) is 2.57. The van der Waals surface area contributed by atoms with Crippen LogP contribution in [0.25, 0.3) is 0 Å². The molecule has 0 spiro atoms. The molecule has 2 saturated heterocycles. The number of nitrogens with one attached hydrogen (secondary N) is 2. The van der Waals surface area contributed by atoms with Gasteiger partial charge in [0.05, 0.1) is 6.10 Å². The van der Waals surface area contributed by atoms with Crippen molar-refractivity contribution in [2.75, 3.05) is 46.4 Å². The van der Waals surface area contributed by atoms with Crippen LogP contribution >= 0.6 is 24.0 Å². The van der Waals surface area contributed by atoms with E-state index in [4.69, 9.17) is 9.73 Å². The van der Waals surface area contributed by atoms with Gasteiger partial charge in [-0.05, 0) is 57.5 Å². The SMILES string of the molecule is CCNC(=NCC1CCCN(C)C1)NCC1CCCOC1C(C)(C)C.I. The molecule has 26 heavy (non-hydrogen) atoms. The van der Waals surface area contributed by atoms with Crippen LogP contribution < -0.4 is 10.6 Å². The van der Waals surface area contributed by atoms with Crippen molar-refractivity contribution < 1.29 is 4.74 Å². The summed E-state index contributed by atoms with van der Waals surface area (Å²) < 4.78 is 6.11. The number of likely N-dealkylation sites (tertiary alicyclic amines) is 1. The average molecular weight is 480 g/mol. The van der Waals surface area contributed by atoms with Crippen LogP contribution in [0, 0.1) is 17.3 Å². The second-order valence-electron chi connectivity index (χ2n) is 8.93. The largest absolute Gasteiger partial charge is 0.377 e. The van der Waals surface area contributed by atoms with Crippen molar-refractivity contribution in [3.8, 4) is 0 Å². The molecule has 6 heteroatoms. The fourth-order valence-corrected chi connectivity index (χ4v) is 4.22. The zero-order valence-electron chi connectivity index (χ0n) is 17.5. The van der Waals surface area contributed by atoms with Crippen LogP contribution in [-0.2, 0) is 4.74 Å². The normalized spacial score (nSPS) is 28.3. The molecule has 0 aromatic carbocycles. The van der Waals surface area contributed by atoms with Gasteiger partial charge in [-0.3, -0.25) is 4.99 Å². The lowest BCUT2D eigenvalue weighted by atomic mass is 9.78. The standard InChI is InChI=1S/C20H40N4O.HI/c1-6-21-19(22-13-16-9-7-11-24(5)15-16)23-14-17-10-8-12-25-18(17)20(2,3)4;/h16-18H,6-15H2,1-5H3,(H2,21,22,23);1H. The van der Waals surface area contributed by atoms with E-state index in [0.717, 1.165) is 32.2 Å². The Balaban J connectivity index is 0.00000338. The quantitative estimate of drug-likeness (QED) is 0.360. The van der Waals surface area contributed by atoms with Crippen LogP contribution in [0.1, 0.15) is 53.4 Å². The van der Waals surface area contributed by atoms with Gasteiger partial charge in [0.1, 0.15) is 0 Å². The molecule has 2 aliphatic rings. The second kappa shape index (κ2) is 11.7. The number of hydrogen-bond acceptors (Lipinski definition) is 3. The molecule has 5 nitrogen and oxygen atoms in total. The van der Waals surface area contributed by atoms with Gasteiger partial charge in [0.15, 0.2) is 5.96 Å². The third kappa shape index (κ3) is 7.89. The maximum absolute atomic E-state index is 6.11. The molecular formula is C20H41IN4O. The zero-order valence-corrected chi connectivity index (χ0v) is 19.8. The van der Waals surface area contributed by atoms with Gasteiger partial charge in [0.2, 0.25) is 0 Å². The van der Waals surface area contributed by atoms with Gasteiger partial charge in [-0.1, -0.05) is 20.8 Å². The van der Waals surface area contributed by atoms with E-state index >= 15 is 0 Å². The Morgan fingerprint density at radius 3 is 2.62 bits per heavy atom. The van der Waals surface area contributed by atoms with E-state index < -0.39 is 0 Å². The molecule has 2 fully saturated rings. The van der Waals surface area contributed by atoms with E-state index in [2.05, 4.69) is 50.3 Å². The molecule has 2 heterocycles. The number of rotatable bonds is 5. The minimum Gasteiger partial charge on any atom is -0.377 e. The van der Waals surface area contributed by atoms with E-state index in [-0.39, 0.29) is 29.4 Å². The van der Waals surface area contributed by atoms with Crippen LogP contribution in [0.4, 0.5) is 0 Å². The van der Waals surface area contributed by atoms with Gasteiger partial charge in [-0.15, -0.1) is 24.0 Å². The highest BCUT2D eigenvalue weighted by molar-refractivity contribution is 14.0. The number of piperidine rings is 1. The fraction of sp³-hybridized carbons (Fsp3) is 0.950. The Morgan fingerprint density at radius 2 is 1.96 bits per heavy atom. The highest BCUT2D eigenvalue weighted by Crippen LogP contribution is 2.33. The molecule has 0 aliphatic carbocycles. The first-order valence-corrected chi connectivity index (χ1v) is 10.2. The lowest BCUT2D eigenvalue weighted by Gasteiger charge is -2.40. The van der Waals surface area contributed by atoms with Gasteiger partial charge in [-0.2, -0.15) is 0 Å². The van der Waals surface area contributed by atoms with E-state index in [1.807, 2.05) is 0 Å². The Bertz CT molecular complexity index is 425. The Kier molecular flexibility index (Phi) is 10.8. The number of ether oxygens (including phenoxy) is 1. The molecule has 154 valence electrons. The molecular weight excluding hydrogens is 439 g/mol. The Morgan fingerprint density at radius 1 is 1.19 bits per heavy atom. The van der Waals surface area contributed by atoms with Crippen LogP contribution in [0.5, 0.6) is 0 Å². The summed E-state index contributed by atoms with van der Waals surface area (Å²) in [4.78, 5) is 7.30. The molecule has 0 aromatic heterocycles. The van der Waals surface area contributed by atoms with Crippen molar-refractivity contribution in [2.45, 2.75) is 59.5 Å². The maximum Gasteiger partial charge on any atom is 0.191 e. The predicted octanol–water partition coefficient (Wildman–Crippen LogP) is 3.34. The minimum atomic E-state index is 0. The first-order chi connectivity index (χ1) is 11.9. The maximum atomic E-state index is 6.11. The smallest absolute Gasteiger partial charge is 0.191 e. The molecule has 2 N–H and O–H groups in total. The molecule has 0 bridgehead atoms. The first-order valence-electron chi connectivity index (χ1n) is 10.2. The summed E-state index contributed by atoms with van der Waals surface area (Å²) in [6.45, 7) is 15.1. The summed E-state index contributed by atoms with van der Waals surface area (Å²) in [6, 6.07) is 0. The van der Waals surface area contributed by atoms with E-state index in [1.165, 1.54) is 38.8 Å². The van der Waals surface area contributed by atoms with Crippen molar-refractivity contribution >= 4 is 29.9 Å². The van der Waals surface area contributed by atoms with Crippen molar-refractivity contribution in [1.82, 2.24) is 15.5 Å². The topological polar surface area (TPSA) is 48.9 Å². The summed E-state index contributed by atoms with van der Waals surface area (Å²) in [5, 5.41) is 7.00. The molecule has 3 atom stereocenters. The summed E-state index contributed by atoms with van der Waals surface area (Å²) in [7, 11) is 2.22. The number of aliphatic imine (C=N–C) groups is 1. The van der Waals surface area contributed by atoms with Gasteiger partial charge in [0, 0.05) is 38.7 Å². The molecule has 0 aromatic rings. The summed E-state index contributed by atoms with van der Waals surface area (Å²) in [5.41, 5.74) is 0.189. The molecule has 0 amide bonds. The molecule has 0 saturated carbocycles. The van der Waals surface area contributed by atoms with Crippen LogP contribution in [0.3, 0.4) is 0 Å². The highest BCUT2D eigenvalue weighted by atomic mass is 127. The highest BCUT2D eigenvalue weighted by Gasteiger charge is 2.35. The van der Waals surface area contributed by atoms with Gasteiger partial charge < -0.3 is 20.3 Å². The molecule has 0 radical (unpaired) electrons. The lowest BCUT2D eigenvalue weighted by molar-refractivity contribution is -0.0835. The number of guanidine groups is 1. The monoisotopic (exact) mass is 480 g/mol.